The molecule has 2 aromatic rings. The summed E-state index contributed by atoms with van der Waals surface area (Å²) in [6, 6.07) is 9.72. The van der Waals surface area contributed by atoms with Gasteiger partial charge < -0.3 is 5.32 Å². The number of rotatable bonds is 4. The van der Waals surface area contributed by atoms with Crippen molar-refractivity contribution in [1.82, 2.24) is 5.32 Å². The minimum Gasteiger partial charge on any atom is -0.351 e. The van der Waals surface area contributed by atoms with E-state index in [1.165, 1.54) is 4.88 Å². The van der Waals surface area contributed by atoms with Crippen molar-refractivity contribution >= 4 is 49.1 Å². The molecule has 0 saturated heterocycles. The molecule has 0 aliphatic rings. The molecule has 1 N–H and O–H groups in total. The molecule has 0 unspecified atom stereocenters. The lowest BCUT2D eigenvalue weighted by Gasteiger charge is -2.23. The first-order valence-electron chi connectivity index (χ1n) is 6.17. The van der Waals surface area contributed by atoms with E-state index in [2.05, 4.69) is 62.5 Å². The van der Waals surface area contributed by atoms with Crippen molar-refractivity contribution in [2.75, 3.05) is 6.54 Å². The van der Waals surface area contributed by atoms with Crippen molar-refractivity contribution in [1.29, 1.82) is 0 Å². The van der Waals surface area contributed by atoms with E-state index in [9.17, 15) is 4.79 Å². The monoisotopic (exact) mass is 415 g/mol. The zero-order valence-electron chi connectivity index (χ0n) is 11.2. The number of benzene rings is 1. The lowest BCUT2D eigenvalue weighted by Crippen LogP contribution is -2.36. The molecule has 1 heterocycles. The Morgan fingerprint density at radius 1 is 1.30 bits per heavy atom. The molecule has 2 rings (SSSR count). The van der Waals surface area contributed by atoms with Crippen LogP contribution in [-0.4, -0.2) is 12.5 Å². The van der Waals surface area contributed by atoms with E-state index in [4.69, 9.17) is 0 Å². The second kappa shape index (κ2) is 6.41. The first-order valence-corrected chi connectivity index (χ1v) is 8.64. The third kappa shape index (κ3) is 3.71. The molecule has 0 aliphatic heterocycles. The fraction of sp³-hybridized carbons (Fsp3) is 0.267. The van der Waals surface area contributed by atoms with Gasteiger partial charge in [-0.15, -0.1) is 11.3 Å². The number of amides is 1. The summed E-state index contributed by atoms with van der Waals surface area (Å²) in [5.74, 6) is -0.0668. The Labute approximate surface area is 139 Å². The average molecular weight is 417 g/mol. The fourth-order valence-corrected chi connectivity index (χ4v) is 3.46. The lowest BCUT2D eigenvalue weighted by atomic mass is 9.91. The Hall–Kier alpha value is -0.650. The molecule has 1 aromatic heterocycles. The highest BCUT2D eigenvalue weighted by Gasteiger charge is 2.23. The van der Waals surface area contributed by atoms with Gasteiger partial charge in [0.1, 0.15) is 0 Å². The molecular weight excluding hydrogens is 402 g/mol. The van der Waals surface area contributed by atoms with Gasteiger partial charge >= 0.3 is 0 Å². The predicted octanol–water partition coefficient (Wildman–Crippen LogP) is 4.98. The molecule has 1 amide bonds. The van der Waals surface area contributed by atoms with Crippen LogP contribution in [-0.2, 0) is 5.41 Å². The molecule has 5 heteroatoms. The fourth-order valence-electron chi connectivity index (χ4n) is 1.82. The normalized spacial score (nSPS) is 11.4. The summed E-state index contributed by atoms with van der Waals surface area (Å²) >= 11 is 8.51. The van der Waals surface area contributed by atoms with Crippen LogP contribution in [0.2, 0.25) is 0 Å². The summed E-state index contributed by atoms with van der Waals surface area (Å²) in [6.45, 7) is 4.87. The largest absolute Gasteiger partial charge is 0.351 e. The Morgan fingerprint density at radius 2 is 2.05 bits per heavy atom. The SMILES string of the molecule is CC(C)(CNC(=O)c1cc(Br)ccc1Br)c1cccs1. The first-order chi connectivity index (χ1) is 9.40. The summed E-state index contributed by atoms with van der Waals surface area (Å²) < 4.78 is 1.69. The van der Waals surface area contributed by atoms with Crippen molar-refractivity contribution in [3.8, 4) is 0 Å². The average Bonchev–Trinajstić information content (AvgIpc) is 2.93. The van der Waals surface area contributed by atoms with Crippen LogP contribution in [0.1, 0.15) is 29.1 Å². The summed E-state index contributed by atoms with van der Waals surface area (Å²) in [6.07, 6.45) is 0. The van der Waals surface area contributed by atoms with Crippen LogP contribution in [0.25, 0.3) is 0 Å². The Balaban J connectivity index is 2.07. The van der Waals surface area contributed by atoms with Crippen LogP contribution < -0.4 is 5.32 Å². The zero-order chi connectivity index (χ0) is 14.8. The standard InChI is InChI=1S/C15H15Br2NOS/c1-15(2,13-4-3-7-20-13)9-18-14(19)11-8-10(16)5-6-12(11)17/h3-8H,9H2,1-2H3,(H,18,19). The first kappa shape index (κ1) is 15.7. The molecule has 0 radical (unpaired) electrons. The van der Waals surface area contributed by atoms with E-state index in [0.29, 0.717) is 12.1 Å². The maximum absolute atomic E-state index is 12.3. The highest BCUT2D eigenvalue weighted by atomic mass is 79.9. The third-order valence-electron chi connectivity index (χ3n) is 3.05. The van der Waals surface area contributed by atoms with Crippen LogP contribution in [0.4, 0.5) is 0 Å². The molecule has 0 atom stereocenters. The highest BCUT2D eigenvalue weighted by molar-refractivity contribution is 9.11. The van der Waals surface area contributed by atoms with E-state index in [1.54, 1.807) is 11.3 Å². The predicted molar refractivity (Wildman–Crippen MR) is 91.5 cm³/mol. The van der Waals surface area contributed by atoms with Crippen LogP contribution in [0.5, 0.6) is 0 Å². The van der Waals surface area contributed by atoms with Crippen molar-refractivity contribution in [3.05, 3.63) is 55.1 Å². The van der Waals surface area contributed by atoms with Crippen molar-refractivity contribution < 1.29 is 4.79 Å². The second-order valence-corrected chi connectivity index (χ2v) is 7.89. The van der Waals surface area contributed by atoms with E-state index < -0.39 is 0 Å². The topological polar surface area (TPSA) is 29.1 Å². The van der Waals surface area contributed by atoms with E-state index in [1.807, 2.05) is 24.3 Å². The van der Waals surface area contributed by atoms with E-state index in [-0.39, 0.29) is 11.3 Å². The third-order valence-corrected chi connectivity index (χ3v) is 5.47. The van der Waals surface area contributed by atoms with Crippen LogP contribution >= 0.6 is 43.2 Å². The van der Waals surface area contributed by atoms with Crippen LogP contribution in [0, 0.1) is 0 Å². The zero-order valence-corrected chi connectivity index (χ0v) is 15.2. The number of carbonyl (C=O) groups is 1. The Bertz CT molecular complexity index is 608. The molecule has 0 aliphatic carbocycles. The van der Waals surface area contributed by atoms with Gasteiger partial charge in [-0.05, 0) is 45.6 Å². The molecule has 0 fully saturated rings. The summed E-state index contributed by atoms with van der Waals surface area (Å²) in [5, 5.41) is 5.07. The van der Waals surface area contributed by atoms with Crippen molar-refractivity contribution in [2.24, 2.45) is 0 Å². The summed E-state index contributed by atoms with van der Waals surface area (Å²) in [5.41, 5.74) is 0.573. The van der Waals surface area contributed by atoms with Crippen molar-refractivity contribution in [2.45, 2.75) is 19.3 Å². The van der Waals surface area contributed by atoms with Gasteiger partial charge in [0.2, 0.25) is 0 Å². The number of nitrogens with one attached hydrogen (secondary N) is 1. The second-order valence-electron chi connectivity index (χ2n) is 5.17. The molecule has 106 valence electrons. The van der Waals surface area contributed by atoms with Gasteiger partial charge in [-0.1, -0.05) is 35.8 Å². The molecule has 20 heavy (non-hydrogen) atoms. The summed E-state index contributed by atoms with van der Waals surface area (Å²) in [4.78, 5) is 13.5. The Kier molecular flexibility index (Phi) is 5.04. The molecular formula is C15H15Br2NOS. The van der Waals surface area contributed by atoms with Gasteiger partial charge in [-0.25, -0.2) is 0 Å². The Morgan fingerprint density at radius 3 is 2.70 bits per heavy atom. The lowest BCUT2D eigenvalue weighted by molar-refractivity contribution is 0.0945. The van der Waals surface area contributed by atoms with Gasteiger partial charge in [0, 0.05) is 25.8 Å². The minimum absolute atomic E-state index is 0.0668. The van der Waals surface area contributed by atoms with Gasteiger partial charge in [0.25, 0.3) is 5.91 Å². The van der Waals surface area contributed by atoms with Gasteiger partial charge in [-0.3, -0.25) is 4.79 Å². The van der Waals surface area contributed by atoms with E-state index in [0.717, 1.165) is 8.95 Å². The molecule has 2 nitrogen and oxygen atoms in total. The number of carbonyl (C=O) groups excluding carboxylic acids is 1. The molecule has 0 bridgehead atoms. The van der Waals surface area contributed by atoms with Gasteiger partial charge in [0.05, 0.1) is 5.56 Å². The minimum atomic E-state index is -0.0671. The maximum Gasteiger partial charge on any atom is 0.252 e. The number of hydrogen-bond acceptors (Lipinski definition) is 2. The van der Waals surface area contributed by atoms with Crippen LogP contribution in [0.3, 0.4) is 0 Å². The number of halogens is 2. The number of thiophene rings is 1. The molecule has 0 saturated carbocycles. The van der Waals surface area contributed by atoms with Crippen LogP contribution in [0.15, 0.2) is 44.7 Å². The highest BCUT2D eigenvalue weighted by Crippen LogP contribution is 2.27. The smallest absolute Gasteiger partial charge is 0.252 e. The quantitative estimate of drug-likeness (QED) is 0.747. The molecule has 0 spiro atoms. The van der Waals surface area contributed by atoms with Gasteiger partial charge in [0.15, 0.2) is 0 Å². The van der Waals surface area contributed by atoms with E-state index >= 15 is 0 Å². The van der Waals surface area contributed by atoms with Gasteiger partial charge in [-0.2, -0.15) is 0 Å². The maximum atomic E-state index is 12.3. The number of hydrogen-bond donors (Lipinski definition) is 1. The summed E-state index contributed by atoms with van der Waals surface area (Å²) in [7, 11) is 0. The molecule has 1 aromatic carbocycles. The van der Waals surface area contributed by atoms with Crippen molar-refractivity contribution in [3.63, 3.8) is 0 Å².